The van der Waals surface area contributed by atoms with Crippen LogP contribution in [0.1, 0.15) is 4.88 Å². The molecule has 4 nitrogen and oxygen atoms in total. The van der Waals surface area contributed by atoms with Crippen LogP contribution in [-0.4, -0.2) is 29.9 Å². The first-order chi connectivity index (χ1) is 6.74. The molecule has 1 aromatic rings. The molecule has 0 spiro atoms. The monoisotopic (exact) mass is 211 g/mol. The number of thiophene rings is 1. The van der Waals surface area contributed by atoms with Crippen molar-refractivity contribution in [3.63, 3.8) is 0 Å². The number of morpholine rings is 1. The van der Waals surface area contributed by atoms with E-state index in [1.165, 1.54) is 0 Å². The molecule has 5 heteroatoms. The highest BCUT2D eigenvalue weighted by Crippen LogP contribution is 2.13. The zero-order valence-corrected chi connectivity index (χ0v) is 8.25. The summed E-state index contributed by atoms with van der Waals surface area (Å²) in [5.74, 6) is -0.921. The van der Waals surface area contributed by atoms with Crippen molar-refractivity contribution >= 4 is 23.3 Å². The van der Waals surface area contributed by atoms with Gasteiger partial charge in [0.05, 0.1) is 13.1 Å². The fourth-order valence-electron chi connectivity index (χ4n) is 1.35. The minimum atomic E-state index is -0.460. The fourth-order valence-corrected chi connectivity index (χ4v) is 2.09. The normalized spacial score (nSPS) is 18.3. The standard InChI is InChI=1S/C9H9NO3S/c11-8-5-10(6-9(12)13-8)4-7-2-1-3-14-7/h1-3H,4-6H2. The molecular formula is C9H9NO3S. The average Bonchev–Trinajstić information content (AvgIpc) is 2.54. The predicted octanol–water partition coefficient (Wildman–Crippen LogP) is 0.634. The number of carbonyl (C=O) groups is 2. The van der Waals surface area contributed by atoms with Crippen LogP contribution in [0.5, 0.6) is 0 Å². The Morgan fingerprint density at radius 2 is 2.07 bits per heavy atom. The molecule has 0 unspecified atom stereocenters. The van der Waals surface area contributed by atoms with E-state index in [-0.39, 0.29) is 13.1 Å². The van der Waals surface area contributed by atoms with E-state index in [1.807, 2.05) is 17.5 Å². The Bertz CT molecular complexity index is 331. The Labute approximate surface area is 85.1 Å². The smallest absolute Gasteiger partial charge is 0.327 e. The highest BCUT2D eigenvalue weighted by Gasteiger charge is 2.24. The van der Waals surface area contributed by atoms with Crippen LogP contribution in [0.2, 0.25) is 0 Å². The molecule has 74 valence electrons. The number of nitrogens with zero attached hydrogens (tertiary/aromatic N) is 1. The molecule has 0 aliphatic carbocycles. The molecule has 1 aromatic heterocycles. The summed E-state index contributed by atoms with van der Waals surface area (Å²) in [6.07, 6.45) is 0. The highest BCUT2D eigenvalue weighted by molar-refractivity contribution is 7.09. The predicted molar refractivity (Wildman–Crippen MR) is 50.7 cm³/mol. The number of hydrogen-bond acceptors (Lipinski definition) is 5. The maximum absolute atomic E-state index is 10.9. The number of carbonyl (C=O) groups excluding carboxylic acids is 2. The topological polar surface area (TPSA) is 46.6 Å². The van der Waals surface area contributed by atoms with Crippen LogP contribution in [0.25, 0.3) is 0 Å². The zero-order valence-electron chi connectivity index (χ0n) is 7.43. The van der Waals surface area contributed by atoms with Gasteiger partial charge in [0.2, 0.25) is 0 Å². The maximum Gasteiger partial charge on any atom is 0.327 e. The fraction of sp³-hybridized carbons (Fsp3) is 0.333. The number of cyclic esters (lactones) is 2. The van der Waals surface area contributed by atoms with Crippen LogP contribution < -0.4 is 0 Å². The number of rotatable bonds is 2. The van der Waals surface area contributed by atoms with Gasteiger partial charge in [-0.1, -0.05) is 6.07 Å². The molecule has 0 aromatic carbocycles. The van der Waals surface area contributed by atoms with Crippen molar-refractivity contribution in [2.45, 2.75) is 6.54 Å². The molecule has 1 saturated heterocycles. The van der Waals surface area contributed by atoms with E-state index in [2.05, 4.69) is 4.74 Å². The van der Waals surface area contributed by atoms with Crippen molar-refractivity contribution in [2.24, 2.45) is 0 Å². The number of esters is 2. The molecule has 1 fully saturated rings. The first-order valence-corrected chi connectivity index (χ1v) is 5.10. The quantitative estimate of drug-likeness (QED) is 0.532. The van der Waals surface area contributed by atoms with Crippen molar-refractivity contribution in [1.82, 2.24) is 4.90 Å². The van der Waals surface area contributed by atoms with Crippen LogP contribution in [-0.2, 0) is 20.9 Å². The van der Waals surface area contributed by atoms with Gasteiger partial charge in [0.1, 0.15) is 0 Å². The second kappa shape index (κ2) is 3.89. The summed E-state index contributed by atoms with van der Waals surface area (Å²) in [5, 5.41) is 1.97. The lowest BCUT2D eigenvalue weighted by Crippen LogP contribution is -2.42. The molecule has 0 bridgehead atoms. The zero-order chi connectivity index (χ0) is 9.97. The molecule has 0 N–H and O–H groups in total. The Morgan fingerprint density at radius 1 is 1.36 bits per heavy atom. The van der Waals surface area contributed by atoms with Crippen molar-refractivity contribution in [2.75, 3.05) is 13.1 Å². The van der Waals surface area contributed by atoms with E-state index in [4.69, 9.17) is 0 Å². The molecule has 0 radical (unpaired) electrons. The van der Waals surface area contributed by atoms with Crippen LogP contribution in [0.4, 0.5) is 0 Å². The third kappa shape index (κ3) is 2.18. The van der Waals surface area contributed by atoms with Gasteiger partial charge in [0.15, 0.2) is 0 Å². The average molecular weight is 211 g/mol. The molecule has 0 amide bonds. The van der Waals surface area contributed by atoms with Crippen molar-refractivity contribution in [1.29, 1.82) is 0 Å². The summed E-state index contributed by atoms with van der Waals surface area (Å²) in [7, 11) is 0. The van der Waals surface area contributed by atoms with Crippen LogP contribution in [0.15, 0.2) is 17.5 Å². The van der Waals surface area contributed by atoms with Crippen LogP contribution in [0, 0.1) is 0 Å². The van der Waals surface area contributed by atoms with Gasteiger partial charge >= 0.3 is 11.9 Å². The van der Waals surface area contributed by atoms with Gasteiger partial charge in [-0.05, 0) is 11.4 Å². The summed E-state index contributed by atoms with van der Waals surface area (Å²) in [5.41, 5.74) is 0. The van der Waals surface area contributed by atoms with Gasteiger partial charge in [-0.2, -0.15) is 0 Å². The van der Waals surface area contributed by atoms with Gasteiger partial charge in [-0.3, -0.25) is 14.5 Å². The lowest BCUT2D eigenvalue weighted by atomic mass is 10.3. The summed E-state index contributed by atoms with van der Waals surface area (Å²) in [6.45, 7) is 1.03. The Morgan fingerprint density at radius 3 is 2.64 bits per heavy atom. The SMILES string of the molecule is O=C1CN(Cc2cccs2)CC(=O)O1. The van der Waals surface area contributed by atoms with E-state index in [0.29, 0.717) is 6.54 Å². The number of ether oxygens (including phenoxy) is 1. The van der Waals surface area contributed by atoms with E-state index in [9.17, 15) is 9.59 Å². The second-order valence-electron chi connectivity index (χ2n) is 3.07. The summed E-state index contributed by atoms with van der Waals surface area (Å²) in [6, 6.07) is 3.93. The molecule has 2 rings (SSSR count). The van der Waals surface area contributed by atoms with Gasteiger partial charge in [-0.15, -0.1) is 11.3 Å². The lowest BCUT2D eigenvalue weighted by molar-refractivity contribution is -0.167. The van der Waals surface area contributed by atoms with Crippen molar-refractivity contribution in [3.05, 3.63) is 22.4 Å². The highest BCUT2D eigenvalue weighted by atomic mass is 32.1. The first kappa shape index (κ1) is 9.36. The van der Waals surface area contributed by atoms with Gasteiger partial charge < -0.3 is 4.74 Å². The van der Waals surface area contributed by atoms with Crippen LogP contribution in [0.3, 0.4) is 0 Å². The van der Waals surface area contributed by atoms with Gasteiger partial charge in [0.25, 0.3) is 0 Å². The minimum Gasteiger partial charge on any atom is -0.391 e. The Hall–Kier alpha value is -1.20. The molecule has 0 saturated carbocycles. The van der Waals surface area contributed by atoms with Gasteiger partial charge in [-0.25, -0.2) is 0 Å². The van der Waals surface area contributed by atoms with Crippen molar-refractivity contribution < 1.29 is 14.3 Å². The molecule has 1 aliphatic rings. The summed E-state index contributed by atoms with van der Waals surface area (Å²) >= 11 is 1.61. The van der Waals surface area contributed by atoms with Gasteiger partial charge in [0, 0.05) is 11.4 Å². The van der Waals surface area contributed by atoms with Crippen LogP contribution >= 0.6 is 11.3 Å². The molecule has 14 heavy (non-hydrogen) atoms. The minimum absolute atomic E-state index is 0.198. The summed E-state index contributed by atoms with van der Waals surface area (Å²) in [4.78, 5) is 24.8. The molecular weight excluding hydrogens is 202 g/mol. The van der Waals surface area contributed by atoms with E-state index in [1.54, 1.807) is 16.2 Å². The van der Waals surface area contributed by atoms with E-state index in [0.717, 1.165) is 4.88 Å². The Balaban J connectivity index is 1.98. The largest absolute Gasteiger partial charge is 0.391 e. The number of hydrogen-bond donors (Lipinski definition) is 0. The summed E-state index contributed by atoms with van der Waals surface area (Å²) < 4.78 is 4.42. The lowest BCUT2D eigenvalue weighted by Gasteiger charge is -2.23. The molecule has 2 heterocycles. The van der Waals surface area contributed by atoms with E-state index >= 15 is 0 Å². The van der Waals surface area contributed by atoms with E-state index < -0.39 is 11.9 Å². The second-order valence-corrected chi connectivity index (χ2v) is 4.10. The first-order valence-electron chi connectivity index (χ1n) is 4.22. The Kier molecular flexibility index (Phi) is 2.60. The third-order valence-corrected chi connectivity index (χ3v) is 2.75. The molecule has 1 aliphatic heterocycles. The third-order valence-electron chi connectivity index (χ3n) is 1.89. The van der Waals surface area contributed by atoms with Crippen molar-refractivity contribution in [3.8, 4) is 0 Å². The maximum atomic E-state index is 10.9. The molecule has 0 atom stereocenters.